The number of methoxy groups -OCH3 is 1. The first-order chi connectivity index (χ1) is 10.7. The molecule has 2 aromatic heterocycles. The lowest BCUT2D eigenvalue weighted by Gasteiger charge is -2.12. The summed E-state index contributed by atoms with van der Waals surface area (Å²) in [6.45, 7) is 3.31. The van der Waals surface area contributed by atoms with Crippen LogP contribution in [-0.2, 0) is 9.47 Å². The fourth-order valence-corrected chi connectivity index (χ4v) is 2.24. The number of aromatic nitrogens is 4. The van der Waals surface area contributed by atoms with Crippen LogP contribution in [0.3, 0.4) is 0 Å². The Labute approximate surface area is 127 Å². The van der Waals surface area contributed by atoms with E-state index in [1.807, 2.05) is 6.92 Å². The van der Waals surface area contributed by atoms with E-state index in [1.54, 1.807) is 17.0 Å². The first kappa shape index (κ1) is 14.5. The lowest BCUT2D eigenvalue weighted by molar-refractivity contribution is 0.0594. The summed E-state index contributed by atoms with van der Waals surface area (Å²) in [6.07, 6.45) is 5.79. The second kappa shape index (κ2) is 6.10. The normalized spacial score (nSPS) is 17.5. The molecule has 3 heterocycles. The molecule has 1 fully saturated rings. The highest BCUT2D eigenvalue weighted by Gasteiger charge is 2.17. The number of carbonyl (C=O) groups is 1. The van der Waals surface area contributed by atoms with Crippen LogP contribution in [0, 0.1) is 6.92 Å². The van der Waals surface area contributed by atoms with Gasteiger partial charge in [-0.2, -0.15) is 4.98 Å². The van der Waals surface area contributed by atoms with Crippen molar-refractivity contribution in [3.63, 3.8) is 0 Å². The minimum atomic E-state index is -0.480. The van der Waals surface area contributed by atoms with Crippen molar-refractivity contribution >= 4 is 11.9 Å². The van der Waals surface area contributed by atoms with Crippen molar-refractivity contribution in [2.75, 3.05) is 25.6 Å². The van der Waals surface area contributed by atoms with Gasteiger partial charge in [-0.25, -0.2) is 14.8 Å². The van der Waals surface area contributed by atoms with Crippen LogP contribution in [0.25, 0.3) is 5.82 Å². The van der Waals surface area contributed by atoms with Crippen molar-refractivity contribution in [2.24, 2.45) is 0 Å². The number of hydrogen-bond donors (Lipinski definition) is 1. The molecule has 1 N–H and O–H groups in total. The maximum absolute atomic E-state index is 11.5. The van der Waals surface area contributed by atoms with Gasteiger partial charge < -0.3 is 14.8 Å². The molecule has 0 unspecified atom stereocenters. The lowest BCUT2D eigenvalue weighted by Crippen LogP contribution is -2.21. The van der Waals surface area contributed by atoms with E-state index >= 15 is 0 Å². The standard InChI is InChI=1S/C14H17N5O3/c1-9-5-15-14(17-10-3-4-22-7-10)18-12(9)19-6-11(16-8-19)13(20)21-2/h5-6,8,10H,3-4,7H2,1-2H3,(H,15,17,18)/t10-/m0/s1. The Balaban J connectivity index is 1.85. The number of nitrogens with zero attached hydrogens (tertiary/aromatic N) is 4. The van der Waals surface area contributed by atoms with Gasteiger partial charge in [0.25, 0.3) is 0 Å². The van der Waals surface area contributed by atoms with Crippen LogP contribution in [-0.4, -0.2) is 51.9 Å². The molecular weight excluding hydrogens is 286 g/mol. The smallest absolute Gasteiger partial charge is 0.358 e. The van der Waals surface area contributed by atoms with Gasteiger partial charge in [0.1, 0.15) is 12.1 Å². The van der Waals surface area contributed by atoms with Crippen molar-refractivity contribution in [2.45, 2.75) is 19.4 Å². The summed E-state index contributed by atoms with van der Waals surface area (Å²) in [7, 11) is 1.32. The Morgan fingerprint density at radius 1 is 1.50 bits per heavy atom. The highest BCUT2D eigenvalue weighted by Crippen LogP contribution is 2.15. The number of nitrogens with one attached hydrogen (secondary N) is 1. The molecular formula is C14H17N5O3. The number of anilines is 1. The van der Waals surface area contributed by atoms with E-state index in [0.717, 1.165) is 18.6 Å². The number of imidazole rings is 1. The molecule has 0 aromatic carbocycles. The molecule has 116 valence electrons. The Bertz CT molecular complexity index is 679. The Kier molecular flexibility index (Phi) is 4.01. The Hall–Kier alpha value is -2.48. The predicted molar refractivity (Wildman–Crippen MR) is 78.1 cm³/mol. The Morgan fingerprint density at radius 3 is 3.09 bits per heavy atom. The zero-order valence-corrected chi connectivity index (χ0v) is 12.4. The highest BCUT2D eigenvalue weighted by atomic mass is 16.5. The molecule has 22 heavy (non-hydrogen) atoms. The third kappa shape index (κ3) is 2.91. The van der Waals surface area contributed by atoms with E-state index in [0.29, 0.717) is 18.4 Å². The number of aryl methyl sites for hydroxylation is 1. The van der Waals surface area contributed by atoms with E-state index in [1.165, 1.54) is 13.4 Å². The predicted octanol–water partition coefficient (Wildman–Crippen LogP) is 0.958. The van der Waals surface area contributed by atoms with Crippen LogP contribution in [0.2, 0.25) is 0 Å². The minimum absolute atomic E-state index is 0.226. The maximum Gasteiger partial charge on any atom is 0.358 e. The van der Waals surface area contributed by atoms with Crippen LogP contribution >= 0.6 is 0 Å². The van der Waals surface area contributed by atoms with Crippen molar-refractivity contribution in [3.05, 3.63) is 30.0 Å². The number of esters is 1. The van der Waals surface area contributed by atoms with Gasteiger partial charge in [0, 0.05) is 24.6 Å². The van der Waals surface area contributed by atoms with E-state index < -0.39 is 5.97 Å². The van der Waals surface area contributed by atoms with Crippen LogP contribution in [0.5, 0.6) is 0 Å². The molecule has 0 bridgehead atoms. The van der Waals surface area contributed by atoms with Crippen molar-refractivity contribution in [1.82, 2.24) is 19.5 Å². The zero-order chi connectivity index (χ0) is 15.5. The topological polar surface area (TPSA) is 91.2 Å². The van der Waals surface area contributed by atoms with Crippen molar-refractivity contribution in [3.8, 4) is 5.82 Å². The molecule has 8 heteroatoms. The molecule has 0 saturated carbocycles. The second-order valence-corrected chi connectivity index (χ2v) is 5.06. The van der Waals surface area contributed by atoms with Gasteiger partial charge in [0.15, 0.2) is 5.69 Å². The second-order valence-electron chi connectivity index (χ2n) is 5.06. The van der Waals surface area contributed by atoms with Crippen LogP contribution < -0.4 is 5.32 Å². The van der Waals surface area contributed by atoms with E-state index in [-0.39, 0.29) is 11.7 Å². The van der Waals surface area contributed by atoms with Gasteiger partial charge in [-0.05, 0) is 13.3 Å². The molecule has 1 aliphatic heterocycles. The van der Waals surface area contributed by atoms with Gasteiger partial charge in [0.05, 0.1) is 19.8 Å². The number of hydrogen-bond acceptors (Lipinski definition) is 7. The van der Waals surface area contributed by atoms with E-state index in [9.17, 15) is 4.79 Å². The monoisotopic (exact) mass is 303 g/mol. The first-order valence-corrected chi connectivity index (χ1v) is 6.98. The molecule has 0 radical (unpaired) electrons. The number of carbonyl (C=O) groups excluding carboxylic acids is 1. The van der Waals surface area contributed by atoms with Gasteiger partial charge in [-0.1, -0.05) is 0 Å². The van der Waals surface area contributed by atoms with Gasteiger partial charge >= 0.3 is 5.97 Å². The summed E-state index contributed by atoms with van der Waals surface area (Å²) in [5.74, 6) is 0.718. The molecule has 1 saturated heterocycles. The number of ether oxygens (including phenoxy) is 2. The Morgan fingerprint density at radius 2 is 2.36 bits per heavy atom. The third-order valence-corrected chi connectivity index (χ3v) is 3.43. The average Bonchev–Trinajstić information content (AvgIpc) is 3.20. The van der Waals surface area contributed by atoms with Gasteiger partial charge in [-0.15, -0.1) is 0 Å². The number of rotatable bonds is 4. The van der Waals surface area contributed by atoms with Gasteiger partial charge in [-0.3, -0.25) is 4.57 Å². The molecule has 2 aromatic rings. The summed E-state index contributed by atoms with van der Waals surface area (Å²) in [6, 6.07) is 0.226. The summed E-state index contributed by atoms with van der Waals surface area (Å²) in [5.41, 5.74) is 1.11. The van der Waals surface area contributed by atoms with E-state index in [2.05, 4.69) is 25.0 Å². The minimum Gasteiger partial charge on any atom is -0.464 e. The van der Waals surface area contributed by atoms with Crippen molar-refractivity contribution in [1.29, 1.82) is 0 Å². The summed E-state index contributed by atoms with van der Waals surface area (Å²) in [4.78, 5) is 24.3. The molecule has 1 atom stereocenters. The maximum atomic E-state index is 11.5. The summed E-state index contributed by atoms with van der Waals surface area (Å²) in [5, 5.41) is 3.25. The van der Waals surface area contributed by atoms with Crippen LogP contribution in [0.1, 0.15) is 22.5 Å². The molecule has 0 amide bonds. The zero-order valence-electron chi connectivity index (χ0n) is 12.4. The SMILES string of the molecule is COC(=O)c1cn(-c2nc(N[C@H]3CCOC3)ncc2C)cn1. The van der Waals surface area contributed by atoms with Crippen LogP contribution in [0.15, 0.2) is 18.7 Å². The average molecular weight is 303 g/mol. The quantitative estimate of drug-likeness (QED) is 0.841. The van der Waals surface area contributed by atoms with E-state index in [4.69, 9.17) is 4.74 Å². The van der Waals surface area contributed by atoms with Gasteiger partial charge in [0.2, 0.25) is 5.95 Å². The molecule has 0 aliphatic carbocycles. The lowest BCUT2D eigenvalue weighted by atomic mass is 10.3. The fourth-order valence-electron chi connectivity index (χ4n) is 2.24. The third-order valence-electron chi connectivity index (χ3n) is 3.43. The summed E-state index contributed by atoms with van der Waals surface area (Å²) < 4.78 is 11.7. The molecule has 8 nitrogen and oxygen atoms in total. The van der Waals surface area contributed by atoms with Crippen molar-refractivity contribution < 1.29 is 14.3 Å². The molecule has 3 rings (SSSR count). The largest absolute Gasteiger partial charge is 0.464 e. The first-order valence-electron chi connectivity index (χ1n) is 6.98. The van der Waals surface area contributed by atoms with Crippen LogP contribution in [0.4, 0.5) is 5.95 Å². The fraction of sp³-hybridized carbons (Fsp3) is 0.429. The summed E-state index contributed by atoms with van der Waals surface area (Å²) >= 11 is 0. The molecule has 0 spiro atoms. The highest BCUT2D eigenvalue weighted by molar-refractivity contribution is 5.86. The molecule has 1 aliphatic rings.